The minimum atomic E-state index is -0.0962. The summed E-state index contributed by atoms with van der Waals surface area (Å²) < 4.78 is 10.6. The second kappa shape index (κ2) is 8.62. The van der Waals surface area contributed by atoms with Crippen LogP contribution in [0.1, 0.15) is 17.5 Å². The highest BCUT2D eigenvalue weighted by atomic mass is 35.5. The number of halogens is 1. The molecule has 0 aromatic heterocycles. The van der Waals surface area contributed by atoms with Crippen LogP contribution in [0, 0.1) is 13.8 Å². The lowest BCUT2D eigenvalue weighted by Gasteiger charge is -2.14. The van der Waals surface area contributed by atoms with E-state index in [1.165, 1.54) is 0 Å². The molecule has 0 unspecified atom stereocenters. The molecule has 2 N–H and O–H groups in total. The van der Waals surface area contributed by atoms with E-state index in [9.17, 15) is 4.79 Å². The Morgan fingerprint density at radius 2 is 1.76 bits per heavy atom. The van der Waals surface area contributed by atoms with E-state index in [0.717, 1.165) is 16.8 Å². The van der Waals surface area contributed by atoms with Crippen LogP contribution in [0.15, 0.2) is 30.3 Å². The Bertz CT molecular complexity index is 763. The van der Waals surface area contributed by atoms with E-state index in [0.29, 0.717) is 35.2 Å². The Balaban J connectivity index is 1.95. The molecule has 2 aromatic rings. The van der Waals surface area contributed by atoms with Crippen molar-refractivity contribution < 1.29 is 14.3 Å². The van der Waals surface area contributed by atoms with E-state index in [1.807, 2.05) is 38.1 Å². The summed E-state index contributed by atoms with van der Waals surface area (Å²) in [5.41, 5.74) is 3.48. The molecule has 0 radical (unpaired) electrons. The highest BCUT2D eigenvalue weighted by molar-refractivity contribution is 6.31. The van der Waals surface area contributed by atoms with Crippen LogP contribution in [0.5, 0.6) is 11.5 Å². The van der Waals surface area contributed by atoms with Gasteiger partial charge in [0.25, 0.3) is 0 Å². The van der Waals surface area contributed by atoms with Gasteiger partial charge in [-0.3, -0.25) is 4.79 Å². The van der Waals surface area contributed by atoms with Gasteiger partial charge in [0.05, 0.1) is 25.6 Å². The first kappa shape index (κ1) is 18.9. The number of hydrogen-bond donors (Lipinski definition) is 2. The lowest BCUT2D eigenvalue weighted by atomic mass is 10.2. The van der Waals surface area contributed by atoms with Gasteiger partial charge in [-0.25, -0.2) is 0 Å². The Morgan fingerprint density at radius 1 is 1.04 bits per heavy atom. The largest absolute Gasteiger partial charge is 0.495 e. The van der Waals surface area contributed by atoms with Crippen LogP contribution in [0.2, 0.25) is 5.02 Å². The van der Waals surface area contributed by atoms with Crippen LogP contribution in [0.3, 0.4) is 0 Å². The fraction of sp³-hybridized carbons (Fsp3) is 0.316. The lowest BCUT2D eigenvalue weighted by Crippen LogP contribution is -2.17. The van der Waals surface area contributed by atoms with Crippen molar-refractivity contribution in [2.45, 2.75) is 20.3 Å². The molecule has 0 bridgehead atoms. The highest BCUT2D eigenvalue weighted by Crippen LogP contribution is 2.31. The maximum absolute atomic E-state index is 12.2. The van der Waals surface area contributed by atoms with Crippen LogP contribution in [0.25, 0.3) is 0 Å². The smallest absolute Gasteiger partial charge is 0.226 e. The molecule has 2 aromatic carbocycles. The topological polar surface area (TPSA) is 59.6 Å². The molecule has 0 aliphatic carbocycles. The standard InChI is InChI=1S/C19H23ClN2O3/c1-12-5-6-17(24-3)16(9-12)22-19(23)7-8-21-15-10-13(2)14(20)11-18(15)25-4/h5-6,9-11,21H,7-8H2,1-4H3,(H,22,23). The molecular formula is C19H23ClN2O3. The fourth-order valence-corrected chi connectivity index (χ4v) is 2.57. The summed E-state index contributed by atoms with van der Waals surface area (Å²) in [6, 6.07) is 9.32. The zero-order chi connectivity index (χ0) is 18.4. The molecule has 0 aliphatic heterocycles. The van der Waals surface area contributed by atoms with Gasteiger partial charge in [-0.05, 0) is 43.2 Å². The fourth-order valence-electron chi connectivity index (χ4n) is 2.41. The highest BCUT2D eigenvalue weighted by Gasteiger charge is 2.10. The number of carbonyl (C=O) groups is 1. The summed E-state index contributed by atoms with van der Waals surface area (Å²) in [4.78, 5) is 12.2. The zero-order valence-electron chi connectivity index (χ0n) is 14.9. The maximum atomic E-state index is 12.2. The normalized spacial score (nSPS) is 10.3. The average molecular weight is 363 g/mol. The Hall–Kier alpha value is -2.40. The van der Waals surface area contributed by atoms with Crippen molar-refractivity contribution >= 4 is 28.9 Å². The minimum absolute atomic E-state index is 0.0962. The molecule has 0 heterocycles. The van der Waals surface area contributed by atoms with Crippen LogP contribution < -0.4 is 20.1 Å². The maximum Gasteiger partial charge on any atom is 0.226 e. The van der Waals surface area contributed by atoms with Gasteiger partial charge in [0.1, 0.15) is 11.5 Å². The number of carbonyl (C=O) groups excluding carboxylic acids is 1. The van der Waals surface area contributed by atoms with Crippen molar-refractivity contribution in [1.82, 2.24) is 0 Å². The summed E-state index contributed by atoms with van der Waals surface area (Å²) in [7, 11) is 3.17. The molecule has 0 fully saturated rings. The molecule has 6 heteroatoms. The lowest BCUT2D eigenvalue weighted by molar-refractivity contribution is -0.116. The number of aryl methyl sites for hydroxylation is 2. The molecule has 1 amide bonds. The molecule has 0 aliphatic rings. The van der Waals surface area contributed by atoms with Gasteiger partial charge in [0.2, 0.25) is 5.91 Å². The minimum Gasteiger partial charge on any atom is -0.495 e. The van der Waals surface area contributed by atoms with Crippen LogP contribution in [-0.2, 0) is 4.79 Å². The van der Waals surface area contributed by atoms with Gasteiger partial charge in [-0.2, -0.15) is 0 Å². The number of benzene rings is 2. The predicted molar refractivity (Wildman–Crippen MR) is 102 cm³/mol. The van der Waals surface area contributed by atoms with Crippen molar-refractivity contribution in [2.24, 2.45) is 0 Å². The summed E-state index contributed by atoms with van der Waals surface area (Å²) in [6.07, 6.45) is 0.307. The molecule has 5 nitrogen and oxygen atoms in total. The Kier molecular flexibility index (Phi) is 6.53. The van der Waals surface area contributed by atoms with Crippen molar-refractivity contribution in [3.05, 3.63) is 46.5 Å². The van der Waals surface area contributed by atoms with Crippen LogP contribution in [-0.4, -0.2) is 26.7 Å². The summed E-state index contributed by atoms with van der Waals surface area (Å²) >= 11 is 6.10. The number of amides is 1. The first-order chi connectivity index (χ1) is 11.9. The second-order valence-corrected chi connectivity index (χ2v) is 6.14. The molecular weight excluding hydrogens is 340 g/mol. The Labute approximate surface area is 153 Å². The van der Waals surface area contributed by atoms with Gasteiger partial charge in [-0.1, -0.05) is 17.7 Å². The Morgan fingerprint density at radius 3 is 2.44 bits per heavy atom. The third-order valence-electron chi connectivity index (χ3n) is 3.78. The summed E-state index contributed by atoms with van der Waals surface area (Å²) in [5, 5.41) is 6.74. The average Bonchev–Trinajstić information content (AvgIpc) is 2.58. The van der Waals surface area contributed by atoms with E-state index in [1.54, 1.807) is 20.3 Å². The SMILES string of the molecule is COc1cc(Cl)c(C)cc1NCCC(=O)Nc1cc(C)ccc1OC. The van der Waals surface area contributed by atoms with Gasteiger partial charge in [-0.15, -0.1) is 0 Å². The first-order valence-electron chi connectivity index (χ1n) is 7.97. The quantitative estimate of drug-likeness (QED) is 0.765. The number of nitrogens with one attached hydrogen (secondary N) is 2. The third-order valence-corrected chi connectivity index (χ3v) is 4.18. The summed E-state index contributed by atoms with van der Waals surface area (Å²) in [5.74, 6) is 1.19. The van der Waals surface area contributed by atoms with Gasteiger partial charge >= 0.3 is 0 Å². The van der Waals surface area contributed by atoms with Crippen molar-refractivity contribution in [1.29, 1.82) is 0 Å². The van der Waals surface area contributed by atoms with Crippen molar-refractivity contribution in [3.63, 3.8) is 0 Å². The number of ether oxygens (including phenoxy) is 2. The number of hydrogen-bond acceptors (Lipinski definition) is 4. The number of rotatable bonds is 7. The molecule has 0 atom stereocenters. The van der Waals surface area contributed by atoms with E-state index >= 15 is 0 Å². The molecule has 0 spiro atoms. The molecule has 0 saturated carbocycles. The van der Waals surface area contributed by atoms with Crippen LogP contribution in [0.4, 0.5) is 11.4 Å². The van der Waals surface area contributed by atoms with E-state index < -0.39 is 0 Å². The summed E-state index contributed by atoms with van der Waals surface area (Å²) in [6.45, 7) is 4.35. The molecule has 0 saturated heterocycles. The van der Waals surface area contributed by atoms with Gasteiger partial charge in [0.15, 0.2) is 0 Å². The third kappa shape index (κ3) is 5.03. The zero-order valence-corrected chi connectivity index (χ0v) is 15.7. The number of methoxy groups -OCH3 is 2. The van der Waals surface area contributed by atoms with Gasteiger partial charge < -0.3 is 20.1 Å². The van der Waals surface area contributed by atoms with E-state index in [2.05, 4.69) is 10.6 Å². The first-order valence-corrected chi connectivity index (χ1v) is 8.35. The second-order valence-electron chi connectivity index (χ2n) is 5.73. The molecule has 25 heavy (non-hydrogen) atoms. The van der Waals surface area contributed by atoms with Crippen LogP contribution >= 0.6 is 11.6 Å². The molecule has 134 valence electrons. The van der Waals surface area contributed by atoms with Crippen molar-refractivity contribution in [3.8, 4) is 11.5 Å². The van der Waals surface area contributed by atoms with E-state index in [4.69, 9.17) is 21.1 Å². The van der Waals surface area contributed by atoms with E-state index in [-0.39, 0.29) is 5.91 Å². The van der Waals surface area contributed by atoms with Gasteiger partial charge in [0, 0.05) is 24.1 Å². The number of anilines is 2. The molecule has 2 rings (SSSR count). The monoisotopic (exact) mass is 362 g/mol. The predicted octanol–water partition coefficient (Wildman–Crippen LogP) is 4.41. The van der Waals surface area contributed by atoms with Crippen molar-refractivity contribution in [2.75, 3.05) is 31.4 Å².